The summed E-state index contributed by atoms with van der Waals surface area (Å²) in [5.74, 6) is -3.72. The Labute approximate surface area is 365 Å². The molecule has 4 amide bonds. The highest BCUT2D eigenvalue weighted by molar-refractivity contribution is 7.92. The van der Waals surface area contributed by atoms with Gasteiger partial charge in [0.2, 0.25) is 27.8 Å². The van der Waals surface area contributed by atoms with Gasteiger partial charge >= 0.3 is 6.18 Å². The molecule has 3 fully saturated rings. The lowest BCUT2D eigenvalue weighted by Crippen LogP contribution is -2.54. The first-order valence-corrected chi connectivity index (χ1v) is 22.5. The van der Waals surface area contributed by atoms with Crippen LogP contribution in [0, 0.1) is 5.82 Å². The Kier molecular flexibility index (Phi) is 12.3. The second kappa shape index (κ2) is 17.7. The fourth-order valence-electron chi connectivity index (χ4n) is 8.53. The molecule has 3 saturated heterocycles. The fraction of sp³-hybridized carbons (Fsp3) is 0.405. The summed E-state index contributed by atoms with van der Waals surface area (Å²) in [6.45, 7) is 4.54. The fourth-order valence-corrected chi connectivity index (χ4v) is 9.01. The number of hydrogen-bond donors (Lipinski definition) is 3. The van der Waals surface area contributed by atoms with Crippen LogP contribution in [-0.2, 0) is 38.9 Å². The molecule has 6 heterocycles. The van der Waals surface area contributed by atoms with Crippen LogP contribution in [0.1, 0.15) is 63.1 Å². The Morgan fingerprint density at radius 1 is 0.891 bits per heavy atom. The molecule has 8 rings (SSSR count). The first-order valence-electron chi connectivity index (χ1n) is 20.6. The molecule has 1 unspecified atom stereocenters. The Bertz CT molecular complexity index is 2580. The molecule has 4 aromatic rings. The van der Waals surface area contributed by atoms with Crippen molar-refractivity contribution in [3.05, 3.63) is 94.6 Å². The van der Waals surface area contributed by atoms with Crippen molar-refractivity contribution >= 4 is 62.6 Å². The van der Waals surface area contributed by atoms with Gasteiger partial charge in [-0.3, -0.25) is 43.5 Å². The molecule has 0 spiro atoms. The third kappa shape index (κ3) is 9.34. The molecule has 2 aromatic heterocycles. The average Bonchev–Trinajstić information content (AvgIpc) is 3.49. The smallest absolute Gasteiger partial charge is 0.371 e. The van der Waals surface area contributed by atoms with E-state index in [2.05, 4.69) is 45.6 Å². The number of aromatic nitrogens is 3. The van der Waals surface area contributed by atoms with Crippen LogP contribution >= 0.6 is 0 Å². The van der Waals surface area contributed by atoms with Gasteiger partial charge < -0.3 is 15.5 Å². The van der Waals surface area contributed by atoms with Gasteiger partial charge in [0, 0.05) is 107 Å². The zero-order chi connectivity index (χ0) is 45.5. The van der Waals surface area contributed by atoms with Gasteiger partial charge in [0.25, 0.3) is 11.8 Å². The monoisotopic (exact) mass is 907 g/mol. The second-order valence-corrected chi connectivity index (χ2v) is 18.2. The van der Waals surface area contributed by atoms with E-state index in [1.165, 1.54) is 19.3 Å². The van der Waals surface area contributed by atoms with Crippen LogP contribution in [0.2, 0.25) is 0 Å². The summed E-state index contributed by atoms with van der Waals surface area (Å²) in [4.78, 5) is 70.2. The second-order valence-electron chi connectivity index (χ2n) is 16.2. The maximum absolute atomic E-state index is 15.3. The van der Waals surface area contributed by atoms with Gasteiger partial charge in [-0.05, 0) is 61.7 Å². The predicted molar refractivity (Wildman–Crippen MR) is 227 cm³/mol. The molecule has 338 valence electrons. The van der Waals surface area contributed by atoms with Gasteiger partial charge in [0.15, 0.2) is 0 Å². The molecule has 1 atom stereocenters. The number of pyridine rings is 1. The van der Waals surface area contributed by atoms with Crippen LogP contribution in [0.3, 0.4) is 0 Å². The van der Waals surface area contributed by atoms with E-state index in [1.54, 1.807) is 24.3 Å². The maximum Gasteiger partial charge on any atom is 0.421 e. The number of sulfonamides is 1. The van der Waals surface area contributed by atoms with Crippen molar-refractivity contribution in [1.82, 2.24) is 35.0 Å². The highest BCUT2D eigenvalue weighted by Gasteiger charge is 2.45. The minimum Gasteiger partial charge on any atom is -0.371 e. The molecular formula is C42H45F4N11O6S. The largest absolute Gasteiger partial charge is 0.421 e. The number of carbonyl (C=O) groups excluding carboxylic acids is 4. The molecular weight excluding hydrogens is 863 g/mol. The third-order valence-electron chi connectivity index (χ3n) is 12.1. The van der Waals surface area contributed by atoms with Crippen molar-refractivity contribution in [2.24, 2.45) is 0 Å². The number of piperazine rings is 1. The van der Waals surface area contributed by atoms with E-state index in [-0.39, 0.29) is 54.4 Å². The van der Waals surface area contributed by atoms with Gasteiger partial charge in [-0.2, -0.15) is 18.2 Å². The van der Waals surface area contributed by atoms with Crippen LogP contribution in [-0.4, -0.2) is 126 Å². The van der Waals surface area contributed by atoms with Gasteiger partial charge in [-0.15, -0.1) is 0 Å². The van der Waals surface area contributed by atoms with Crippen LogP contribution in [0.5, 0.6) is 0 Å². The topological polar surface area (TPSA) is 193 Å². The summed E-state index contributed by atoms with van der Waals surface area (Å²) in [5.41, 5.74) is 1.03. The first-order chi connectivity index (χ1) is 30.4. The van der Waals surface area contributed by atoms with Gasteiger partial charge in [-0.1, -0.05) is 6.07 Å². The molecule has 4 aliphatic heterocycles. The Morgan fingerprint density at radius 2 is 1.58 bits per heavy atom. The number of amides is 4. The summed E-state index contributed by atoms with van der Waals surface area (Å²) < 4.78 is 82.5. The SMILES string of the molecule is CN(c1ncccc1CNc1nc(Nc2ccc(N3CCC(N4CCN(Cc5cc6c(cc5F)C(=O)N(C5CCC(=O)NC5=O)C6=O)CC4)CC3)cc2)ncc1C(F)(F)F)S(C)(=O)=O. The van der Waals surface area contributed by atoms with E-state index < -0.39 is 63.1 Å². The molecule has 0 saturated carbocycles. The number of fused-ring (bicyclic) bond motifs is 1. The number of rotatable bonds is 12. The van der Waals surface area contributed by atoms with Crippen molar-refractivity contribution in [3.8, 4) is 0 Å². The lowest BCUT2D eigenvalue weighted by atomic mass is 10.0. The molecule has 22 heteroatoms. The third-order valence-corrected chi connectivity index (χ3v) is 13.2. The van der Waals surface area contributed by atoms with Crippen molar-refractivity contribution < 1.29 is 45.2 Å². The highest BCUT2D eigenvalue weighted by Crippen LogP contribution is 2.35. The van der Waals surface area contributed by atoms with E-state index in [1.807, 2.05) is 12.1 Å². The lowest BCUT2D eigenvalue weighted by Gasteiger charge is -2.43. The molecule has 4 aliphatic rings. The minimum absolute atomic E-state index is 0.00641. The van der Waals surface area contributed by atoms with Crippen LogP contribution < -0.4 is 25.2 Å². The normalized spacial score (nSPS) is 19.2. The first kappa shape index (κ1) is 44.4. The van der Waals surface area contributed by atoms with Crippen molar-refractivity contribution in [2.45, 2.75) is 57.0 Å². The van der Waals surface area contributed by atoms with E-state index in [4.69, 9.17) is 0 Å². The number of imide groups is 2. The minimum atomic E-state index is -4.77. The summed E-state index contributed by atoms with van der Waals surface area (Å²) in [6, 6.07) is 12.2. The van der Waals surface area contributed by atoms with Crippen molar-refractivity contribution in [3.63, 3.8) is 0 Å². The Hall–Kier alpha value is -6.26. The predicted octanol–water partition coefficient (Wildman–Crippen LogP) is 3.97. The summed E-state index contributed by atoms with van der Waals surface area (Å²) in [7, 11) is -2.38. The lowest BCUT2D eigenvalue weighted by molar-refractivity contribution is -0.138. The van der Waals surface area contributed by atoms with Crippen LogP contribution in [0.4, 0.5) is 46.5 Å². The van der Waals surface area contributed by atoms with E-state index in [0.717, 1.165) is 66.2 Å². The van der Waals surface area contributed by atoms with Crippen LogP contribution in [0.25, 0.3) is 0 Å². The van der Waals surface area contributed by atoms with E-state index in [9.17, 15) is 40.8 Å². The standard InChI is InChI=1S/C42H45F4N11O6S/c1-53(64(2,62)63)37-25(4-3-13-47-37)22-48-36-32(42(44,45)46)23-49-41(52-36)50-27-5-7-28(8-6-27)55-14-11-29(12-15-55)56-18-16-54(17-19-56)24-26-20-30-31(21-33(26)43)40(61)57(39(30)60)34-9-10-35(58)51-38(34)59/h3-8,13,20-21,23,29,34H,9-12,14-19,22,24H2,1-2H3,(H,51,58,59)(H2,48,49,50,52). The van der Waals surface area contributed by atoms with Crippen LogP contribution in [0.15, 0.2) is 60.9 Å². The van der Waals surface area contributed by atoms with E-state index in [0.29, 0.717) is 36.6 Å². The van der Waals surface area contributed by atoms with Gasteiger partial charge in [0.05, 0.1) is 17.4 Å². The Balaban J connectivity index is 0.828. The molecule has 64 heavy (non-hydrogen) atoms. The van der Waals surface area contributed by atoms with Gasteiger partial charge in [-0.25, -0.2) is 22.8 Å². The number of nitrogens with zero attached hydrogens (tertiary/aromatic N) is 8. The zero-order valence-electron chi connectivity index (χ0n) is 34.9. The summed E-state index contributed by atoms with van der Waals surface area (Å²) >= 11 is 0. The number of anilines is 5. The maximum atomic E-state index is 15.3. The number of hydrogen-bond acceptors (Lipinski definition) is 14. The highest BCUT2D eigenvalue weighted by atomic mass is 32.2. The number of alkyl halides is 3. The number of piperidine rings is 2. The number of halogens is 4. The van der Waals surface area contributed by atoms with Crippen molar-refractivity contribution in [1.29, 1.82) is 0 Å². The number of carbonyl (C=O) groups is 4. The molecule has 17 nitrogen and oxygen atoms in total. The summed E-state index contributed by atoms with van der Waals surface area (Å²) in [5, 5.41) is 7.82. The molecule has 0 bridgehead atoms. The molecule has 2 aromatic carbocycles. The zero-order valence-corrected chi connectivity index (χ0v) is 35.7. The molecule has 0 radical (unpaired) electrons. The van der Waals surface area contributed by atoms with Gasteiger partial charge in [0.1, 0.15) is 29.1 Å². The molecule has 0 aliphatic carbocycles. The van der Waals surface area contributed by atoms with Crippen molar-refractivity contribution in [2.75, 3.05) is 72.4 Å². The summed E-state index contributed by atoms with van der Waals surface area (Å²) in [6.07, 6.45) is 0.148. The van der Waals surface area contributed by atoms with E-state index >= 15 is 4.39 Å². The quantitative estimate of drug-likeness (QED) is 0.137. The number of benzene rings is 2. The number of nitrogens with one attached hydrogen (secondary N) is 3. The molecule has 3 N–H and O–H groups in total. The Morgan fingerprint density at radius 3 is 2.23 bits per heavy atom. The average molecular weight is 908 g/mol.